The number of aromatic nitrogens is 1. The average molecular weight is 315 g/mol. The molecule has 1 aromatic carbocycles. The molecule has 0 spiro atoms. The highest BCUT2D eigenvalue weighted by atomic mass is 79.9. The summed E-state index contributed by atoms with van der Waals surface area (Å²) in [7, 11) is -2.39. The van der Waals surface area contributed by atoms with Gasteiger partial charge in [-0.3, -0.25) is 9.54 Å². The highest BCUT2D eigenvalue weighted by molar-refractivity contribution is 9.10. The van der Waals surface area contributed by atoms with Gasteiger partial charge >= 0.3 is 0 Å². The van der Waals surface area contributed by atoms with Crippen molar-refractivity contribution in [3.63, 3.8) is 0 Å². The van der Waals surface area contributed by atoms with Crippen molar-refractivity contribution in [1.29, 1.82) is 0 Å². The standard InChI is InChI=1S/C12H12BrNO2S/c1-17(15,16)11-4-2-9(3-5-11)12-8-10(13)6-7-14-12/h2-8,15-16H,1H3/p+1. The molecule has 1 unspecified atom stereocenters. The summed E-state index contributed by atoms with van der Waals surface area (Å²) in [6, 6.07) is 11.1. The van der Waals surface area contributed by atoms with Gasteiger partial charge < -0.3 is 4.55 Å². The summed E-state index contributed by atoms with van der Waals surface area (Å²) in [4.78, 5) is 4.92. The maximum Gasteiger partial charge on any atom is 0.100 e. The van der Waals surface area contributed by atoms with Crippen LogP contribution in [0.4, 0.5) is 0 Å². The fourth-order valence-corrected chi connectivity index (χ4v) is 2.45. The van der Waals surface area contributed by atoms with Gasteiger partial charge in [-0.25, -0.2) is 0 Å². The molecule has 0 aliphatic rings. The number of nitrogens with zero attached hydrogens (tertiary/aromatic N) is 1. The summed E-state index contributed by atoms with van der Waals surface area (Å²) in [6.07, 6.45) is 3.26. The highest BCUT2D eigenvalue weighted by Crippen LogP contribution is 2.44. The topological polar surface area (TPSA) is 56.0 Å². The van der Waals surface area contributed by atoms with E-state index in [4.69, 9.17) is 4.55 Å². The molecule has 1 heterocycles. The van der Waals surface area contributed by atoms with E-state index in [9.17, 15) is 4.55 Å². The van der Waals surface area contributed by atoms with Crippen molar-refractivity contribution in [2.45, 2.75) is 4.90 Å². The molecule has 5 heteroatoms. The normalized spacial score (nSPS) is 16.2. The summed E-state index contributed by atoms with van der Waals surface area (Å²) in [5.74, 6) is 0. The van der Waals surface area contributed by atoms with Crippen molar-refractivity contribution in [3.05, 3.63) is 47.1 Å². The van der Waals surface area contributed by atoms with E-state index >= 15 is 0 Å². The quantitative estimate of drug-likeness (QED) is 0.863. The second kappa shape index (κ2) is 4.78. The summed E-state index contributed by atoms with van der Waals surface area (Å²) in [6.45, 7) is 0. The molecule has 0 amide bonds. The van der Waals surface area contributed by atoms with Crippen LogP contribution in [-0.4, -0.2) is 20.3 Å². The van der Waals surface area contributed by atoms with E-state index in [-0.39, 0.29) is 0 Å². The van der Waals surface area contributed by atoms with Gasteiger partial charge in [0.05, 0.1) is 11.9 Å². The van der Waals surface area contributed by atoms with Crippen molar-refractivity contribution >= 4 is 26.5 Å². The molecule has 2 aromatic rings. The minimum absolute atomic E-state index is 0.649. The predicted molar refractivity (Wildman–Crippen MR) is 75.4 cm³/mol. The molecule has 1 aromatic heterocycles. The Morgan fingerprint density at radius 3 is 2.41 bits per heavy atom. The lowest BCUT2D eigenvalue weighted by Gasteiger charge is -2.22. The molecule has 2 rings (SSSR count). The molecule has 0 radical (unpaired) electrons. The molecule has 0 aliphatic carbocycles. The Morgan fingerprint density at radius 1 is 1.24 bits per heavy atom. The van der Waals surface area contributed by atoms with Crippen LogP contribution in [0.1, 0.15) is 0 Å². The summed E-state index contributed by atoms with van der Waals surface area (Å²) < 4.78 is 18.2. The Bertz CT molecular complexity index is 523. The fraction of sp³-hybridized carbons (Fsp3) is 0.0833. The molecule has 1 atom stereocenters. The first-order valence-corrected chi connectivity index (χ1v) is 7.73. The van der Waals surface area contributed by atoms with Crippen LogP contribution < -0.4 is 0 Å². The molecule has 0 aliphatic heterocycles. The van der Waals surface area contributed by atoms with Gasteiger partial charge in [0.25, 0.3) is 0 Å². The SMILES string of the molecule is CS(O)([OH2+])c1ccc(-c2cc(Br)ccn2)cc1. The van der Waals surface area contributed by atoms with Crippen LogP contribution in [0.3, 0.4) is 0 Å². The third-order valence-electron chi connectivity index (χ3n) is 2.33. The second-order valence-corrected chi connectivity index (χ2v) is 6.90. The zero-order valence-corrected chi connectivity index (χ0v) is 11.6. The lowest BCUT2D eigenvalue weighted by atomic mass is 10.1. The largest absolute Gasteiger partial charge is 0.324 e. The smallest absolute Gasteiger partial charge is 0.100 e. The van der Waals surface area contributed by atoms with Crippen molar-refractivity contribution in [2.75, 3.05) is 6.26 Å². The Labute approximate surface area is 110 Å². The third-order valence-corrected chi connectivity index (χ3v) is 4.01. The zero-order valence-electron chi connectivity index (χ0n) is 9.22. The average Bonchev–Trinajstić information content (AvgIpc) is 2.28. The zero-order chi connectivity index (χ0) is 12.5. The van der Waals surface area contributed by atoms with Crippen LogP contribution in [0.5, 0.6) is 0 Å². The Morgan fingerprint density at radius 2 is 1.88 bits per heavy atom. The molecule has 3 N–H and O–H groups in total. The third kappa shape index (κ3) is 3.07. The van der Waals surface area contributed by atoms with Crippen LogP contribution in [0, 0.1) is 0 Å². The van der Waals surface area contributed by atoms with E-state index in [1.165, 1.54) is 6.26 Å². The molecule has 0 saturated heterocycles. The van der Waals surface area contributed by atoms with Crippen molar-refractivity contribution in [3.8, 4) is 11.3 Å². The number of halogens is 1. The van der Waals surface area contributed by atoms with Crippen LogP contribution in [0.25, 0.3) is 11.3 Å². The Balaban J connectivity index is 2.36. The summed E-state index contributed by atoms with van der Waals surface area (Å²) in [5.41, 5.74) is 1.84. The van der Waals surface area contributed by atoms with Crippen molar-refractivity contribution in [2.24, 2.45) is 0 Å². The van der Waals surface area contributed by atoms with E-state index < -0.39 is 10.6 Å². The molecule has 17 heavy (non-hydrogen) atoms. The van der Waals surface area contributed by atoms with Gasteiger partial charge in [0.15, 0.2) is 0 Å². The van der Waals surface area contributed by atoms with Crippen LogP contribution in [-0.2, 0) is 0 Å². The summed E-state index contributed by atoms with van der Waals surface area (Å²) in [5, 5.41) is 0. The van der Waals surface area contributed by atoms with Gasteiger partial charge in [-0.15, -0.1) is 0 Å². The van der Waals surface area contributed by atoms with Crippen molar-refractivity contribution in [1.82, 2.24) is 4.98 Å². The molecule has 3 nitrogen and oxygen atoms in total. The van der Waals surface area contributed by atoms with Gasteiger partial charge in [0, 0.05) is 16.2 Å². The molecule has 0 bridgehead atoms. The van der Waals surface area contributed by atoms with Gasteiger partial charge in [-0.1, -0.05) is 38.7 Å². The molecule has 0 fully saturated rings. The summed E-state index contributed by atoms with van der Waals surface area (Å²) >= 11 is 3.40. The van der Waals surface area contributed by atoms with Crippen LogP contribution in [0.15, 0.2) is 52.0 Å². The van der Waals surface area contributed by atoms with Gasteiger partial charge in [0.1, 0.15) is 4.90 Å². The first-order chi connectivity index (χ1) is 7.97. The van der Waals surface area contributed by atoms with E-state index in [0.29, 0.717) is 4.90 Å². The molecular formula is C12H13BrNO2S+. The Hall–Kier alpha value is -0.880. The van der Waals surface area contributed by atoms with E-state index in [1.54, 1.807) is 18.3 Å². The maximum absolute atomic E-state index is 9.62. The van der Waals surface area contributed by atoms with Crippen LogP contribution in [0.2, 0.25) is 0 Å². The monoisotopic (exact) mass is 314 g/mol. The fourth-order valence-electron chi connectivity index (χ4n) is 1.45. The van der Waals surface area contributed by atoms with Gasteiger partial charge in [-0.2, -0.15) is 0 Å². The molecule has 90 valence electrons. The Kier molecular flexibility index (Phi) is 3.53. The van der Waals surface area contributed by atoms with Gasteiger partial charge in [-0.05, 0) is 24.3 Å². The minimum Gasteiger partial charge on any atom is -0.324 e. The minimum atomic E-state index is -2.39. The first kappa shape index (κ1) is 12.6. The maximum atomic E-state index is 9.62. The lowest BCUT2D eigenvalue weighted by Crippen LogP contribution is -1.94. The van der Waals surface area contributed by atoms with E-state index in [1.807, 2.05) is 24.3 Å². The lowest BCUT2D eigenvalue weighted by molar-refractivity contribution is 0.495. The highest BCUT2D eigenvalue weighted by Gasteiger charge is 2.12. The van der Waals surface area contributed by atoms with E-state index in [0.717, 1.165) is 15.7 Å². The number of benzene rings is 1. The molecular weight excluding hydrogens is 302 g/mol. The predicted octanol–water partition coefficient (Wildman–Crippen LogP) is 3.42. The number of hydrogen-bond acceptors (Lipinski definition) is 2. The van der Waals surface area contributed by atoms with Gasteiger partial charge in [0.2, 0.25) is 0 Å². The second-order valence-electron chi connectivity index (χ2n) is 3.76. The number of rotatable bonds is 2. The first-order valence-electron chi connectivity index (χ1n) is 4.94. The molecule has 0 saturated carbocycles. The van der Waals surface area contributed by atoms with Crippen LogP contribution >= 0.6 is 26.5 Å². The van der Waals surface area contributed by atoms with E-state index in [2.05, 4.69) is 20.9 Å². The number of pyridine rings is 1. The number of hydrogen-bond donors (Lipinski definition) is 1. The van der Waals surface area contributed by atoms with Crippen molar-refractivity contribution < 1.29 is 9.11 Å².